The number of rotatable bonds is 4. The fourth-order valence-electron chi connectivity index (χ4n) is 2.68. The maximum absolute atomic E-state index is 10.1. The van der Waals surface area contributed by atoms with E-state index in [0.29, 0.717) is 5.75 Å². The van der Waals surface area contributed by atoms with Crippen molar-refractivity contribution in [2.75, 3.05) is 26.2 Å². The van der Waals surface area contributed by atoms with Gasteiger partial charge in [0.25, 0.3) is 0 Å². The molecule has 2 aromatic carbocycles. The van der Waals surface area contributed by atoms with Gasteiger partial charge < -0.3 is 5.11 Å². The largest absolute Gasteiger partial charge is 0.506 e. The third-order valence-corrected chi connectivity index (χ3v) is 5.46. The summed E-state index contributed by atoms with van der Waals surface area (Å²) in [6, 6.07) is 14.5. The molecule has 0 aliphatic carbocycles. The highest BCUT2D eigenvalue weighted by Crippen LogP contribution is 2.25. The molecule has 1 saturated heterocycles. The molecule has 1 fully saturated rings. The van der Waals surface area contributed by atoms with E-state index in [1.165, 1.54) is 5.56 Å². The van der Waals surface area contributed by atoms with E-state index in [4.69, 9.17) is 0 Å². The van der Waals surface area contributed by atoms with Crippen molar-refractivity contribution in [2.24, 2.45) is 5.10 Å². The minimum Gasteiger partial charge on any atom is -0.506 e. The van der Waals surface area contributed by atoms with Crippen LogP contribution in [0.15, 0.2) is 47.6 Å². The fraction of sp³-hybridized carbons (Fsp3) is 0.278. The van der Waals surface area contributed by atoms with Crippen molar-refractivity contribution in [1.82, 2.24) is 9.91 Å². The molecule has 0 amide bonds. The lowest BCUT2D eigenvalue weighted by atomic mass is 10.2. The summed E-state index contributed by atoms with van der Waals surface area (Å²) in [6.45, 7) is 4.81. The summed E-state index contributed by atoms with van der Waals surface area (Å²) >= 11 is 4.40. The average molecular weight is 547 g/mol. The van der Waals surface area contributed by atoms with Gasteiger partial charge in [-0.2, -0.15) is 5.10 Å². The third-order valence-electron chi connectivity index (χ3n) is 4.02. The number of hydrogen-bond donors (Lipinski definition) is 1. The lowest BCUT2D eigenvalue weighted by Gasteiger charge is -2.33. The van der Waals surface area contributed by atoms with E-state index in [9.17, 15) is 5.11 Å². The second-order valence-corrected chi connectivity index (χ2v) is 8.19. The van der Waals surface area contributed by atoms with Crippen molar-refractivity contribution >= 4 is 51.4 Å². The van der Waals surface area contributed by atoms with Crippen LogP contribution in [0.25, 0.3) is 0 Å². The summed E-state index contributed by atoms with van der Waals surface area (Å²) < 4.78 is 1.96. The summed E-state index contributed by atoms with van der Waals surface area (Å²) in [5.74, 6) is 0.308. The predicted molar refractivity (Wildman–Crippen MR) is 114 cm³/mol. The molecular formula is C18H19I2N3O. The van der Waals surface area contributed by atoms with E-state index in [2.05, 4.69) is 90.5 Å². The van der Waals surface area contributed by atoms with E-state index in [0.717, 1.165) is 45.4 Å². The van der Waals surface area contributed by atoms with Crippen molar-refractivity contribution in [3.05, 3.63) is 60.7 Å². The van der Waals surface area contributed by atoms with Gasteiger partial charge in [-0.3, -0.25) is 9.91 Å². The Kier molecular flexibility index (Phi) is 6.34. The van der Waals surface area contributed by atoms with Gasteiger partial charge in [0.2, 0.25) is 0 Å². The summed E-state index contributed by atoms with van der Waals surface area (Å²) in [5.41, 5.74) is 2.13. The highest BCUT2D eigenvalue weighted by Gasteiger charge is 2.15. The van der Waals surface area contributed by atoms with Crippen LogP contribution in [0.2, 0.25) is 0 Å². The Labute approximate surface area is 169 Å². The van der Waals surface area contributed by atoms with Gasteiger partial charge in [-0.15, -0.1) is 0 Å². The molecule has 24 heavy (non-hydrogen) atoms. The maximum Gasteiger partial charge on any atom is 0.137 e. The van der Waals surface area contributed by atoms with Crippen molar-refractivity contribution in [2.45, 2.75) is 6.54 Å². The van der Waals surface area contributed by atoms with Crippen LogP contribution in [-0.4, -0.2) is 47.4 Å². The summed E-state index contributed by atoms with van der Waals surface area (Å²) in [6.07, 6.45) is 1.77. The molecule has 1 aliphatic heterocycles. The van der Waals surface area contributed by atoms with Crippen LogP contribution in [-0.2, 0) is 6.54 Å². The first kappa shape index (κ1) is 17.9. The van der Waals surface area contributed by atoms with E-state index in [-0.39, 0.29) is 0 Å². The maximum atomic E-state index is 10.1. The lowest BCUT2D eigenvalue weighted by molar-refractivity contribution is 0.131. The number of hydrogen-bond acceptors (Lipinski definition) is 4. The number of phenols is 1. The highest BCUT2D eigenvalue weighted by molar-refractivity contribution is 14.1. The van der Waals surface area contributed by atoms with Gasteiger partial charge in [0, 0.05) is 41.9 Å². The summed E-state index contributed by atoms with van der Waals surface area (Å²) in [5, 5.41) is 16.8. The van der Waals surface area contributed by atoms with Crippen LogP contribution >= 0.6 is 45.2 Å². The van der Waals surface area contributed by atoms with Gasteiger partial charge in [-0.05, 0) is 62.9 Å². The molecule has 126 valence electrons. The molecule has 3 rings (SSSR count). The molecule has 6 heteroatoms. The SMILES string of the molecule is Oc1c(I)cc(I)cc1/C=N\N1CCN(Cc2ccccc2)CC1. The molecule has 0 spiro atoms. The molecule has 0 unspecified atom stereocenters. The number of hydrazone groups is 1. The highest BCUT2D eigenvalue weighted by atomic mass is 127. The molecule has 4 nitrogen and oxygen atoms in total. The fourth-order valence-corrected chi connectivity index (χ4v) is 4.57. The molecular weight excluding hydrogens is 528 g/mol. The minimum atomic E-state index is 0.308. The van der Waals surface area contributed by atoms with Gasteiger partial charge >= 0.3 is 0 Å². The number of halogens is 2. The van der Waals surface area contributed by atoms with Crippen LogP contribution in [0, 0.1) is 7.14 Å². The first-order valence-corrected chi connectivity index (χ1v) is 10.0. The Morgan fingerprint density at radius 2 is 1.75 bits per heavy atom. The van der Waals surface area contributed by atoms with E-state index < -0.39 is 0 Å². The Morgan fingerprint density at radius 1 is 1.04 bits per heavy atom. The van der Waals surface area contributed by atoms with E-state index in [1.54, 1.807) is 6.21 Å². The zero-order valence-electron chi connectivity index (χ0n) is 13.2. The average Bonchev–Trinajstić information content (AvgIpc) is 2.59. The van der Waals surface area contributed by atoms with Crippen LogP contribution in [0.1, 0.15) is 11.1 Å². The molecule has 0 bridgehead atoms. The predicted octanol–water partition coefficient (Wildman–Crippen LogP) is 3.75. The minimum absolute atomic E-state index is 0.308. The van der Waals surface area contributed by atoms with Gasteiger partial charge in [0.05, 0.1) is 9.78 Å². The first-order chi connectivity index (χ1) is 11.6. The van der Waals surface area contributed by atoms with Gasteiger partial charge in [-0.25, -0.2) is 0 Å². The third kappa shape index (κ3) is 4.82. The van der Waals surface area contributed by atoms with Crippen LogP contribution in [0.5, 0.6) is 5.75 Å². The first-order valence-electron chi connectivity index (χ1n) is 7.85. The molecule has 0 radical (unpaired) electrons. The molecule has 2 aromatic rings. The lowest BCUT2D eigenvalue weighted by Crippen LogP contribution is -2.43. The monoisotopic (exact) mass is 547 g/mol. The standard InChI is InChI=1S/C18H19I2N3O/c19-16-10-15(18(24)17(20)11-16)12-21-23-8-6-22(7-9-23)13-14-4-2-1-3-5-14/h1-5,10-12,24H,6-9,13H2/b21-12-. The van der Waals surface area contributed by atoms with Crippen LogP contribution in [0.4, 0.5) is 0 Å². The Morgan fingerprint density at radius 3 is 2.46 bits per heavy atom. The summed E-state index contributed by atoms with van der Waals surface area (Å²) in [4.78, 5) is 2.45. The number of benzene rings is 2. The van der Waals surface area contributed by atoms with Crippen molar-refractivity contribution < 1.29 is 5.11 Å². The van der Waals surface area contributed by atoms with E-state index >= 15 is 0 Å². The molecule has 0 saturated carbocycles. The zero-order valence-corrected chi connectivity index (χ0v) is 17.5. The Balaban J connectivity index is 1.56. The smallest absolute Gasteiger partial charge is 0.137 e. The molecule has 1 heterocycles. The topological polar surface area (TPSA) is 39.1 Å². The van der Waals surface area contributed by atoms with Gasteiger partial charge in [0.15, 0.2) is 0 Å². The van der Waals surface area contributed by atoms with Crippen molar-refractivity contribution in [1.29, 1.82) is 0 Å². The van der Waals surface area contributed by atoms with E-state index in [1.807, 2.05) is 12.1 Å². The van der Waals surface area contributed by atoms with Crippen LogP contribution < -0.4 is 0 Å². The zero-order chi connectivity index (χ0) is 16.9. The van der Waals surface area contributed by atoms with Crippen molar-refractivity contribution in [3.63, 3.8) is 0 Å². The second-order valence-electron chi connectivity index (χ2n) is 5.79. The molecule has 0 atom stereocenters. The second kappa shape index (κ2) is 8.48. The number of nitrogens with zero attached hydrogens (tertiary/aromatic N) is 3. The summed E-state index contributed by atoms with van der Waals surface area (Å²) in [7, 11) is 0. The normalized spacial score (nSPS) is 16.0. The van der Waals surface area contributed by atoms with Gasteiger partial charge in [-0.1, -0.05) is 30.3 Å². The molecule has 1 N–H and O–H groups in total. The molecule has 1 aliphatic rings. The van der Waals surface area contributed by atoms with Gasteiger partial charge in [0.1, 0.15) is 5.75 Å². The Bertz CT molecular complexity index is 714. The number of aromatic hydroxyl groups is 1. The number of phenolic OH excluding ortho intramolecular Hbond substituents is 1. The molecule has 0 aromatic heterocycles. The van der Waals surface area contributed by atoms with Crippen molar-refractivity contribution in [3.8, 4) is 5.75 Å². The van der Waals surface area contributed by atoms with Crippen LogP contribution in [0.3, 0.4) is 0 Å². The quantitative estimate of drug-likeness (QED) is 0.469. The Hall–Kier alpha value is -0.870. The number of piperazine rings is 1.